The number of phenolic OH excluding ortho intramolecular Hbond substituents is 1. The summed E-state index contributed by atoms with van der Waals surface area (Å²) in [4.78, 5) is 17.1. The number of carbonyl (C=O) groups is 1. The first-order chi connectivity index (χ1) is 12.4. The molecule has 7 heteroatoms. The first kappa shape index (κ1) is 18.0. The second-order valence-corrected chi connectivity index (χ2v) is 6.66. The number of rotatable bonds is 3. The molecule has 2 aromatic rings. The van der Waals surface area contributed by atoms with Crippen LogP contribution in [0.1, 0.15) is 42.9 Å². The molecule has 1 amide bonds. The van der Waals surface area contributed by atoms with Gasteiger partial charge in [0.2, 0.25) is 0 Å². The Morgan fingerprint density at radius 1 is 1.38 bits per heavy atom. The average molecular weight is 357 g/mol. The van der Waals surface area contributed by atoms with Crippen LogP contribution in [0.25, 0.3) is 11.3 Å². The normalized spacial score (nSPS) is 18.5. The Morgan fingerprint density at radius 2 is 2.12 bits per heavy atom. The van der Waals surface area contributed by atoms with Crippen LogP contribution in [0, 0.1) is 0 Å². The predicted octanol–water partition coefficient (Wildman–Crippen LogP) is 2.95. The average Bonchev–Trinajstić information content (AvgIpc) is 2.61. The van der Waals surface area contributed by atoms with Crippen molar-refractivity contribution in [3.05, 3.63) is 41.5 Å². The van der Waals surface area contributed by atoms with E-state index in [1.807, 2.05) is 6.07 Å². The molecule has 1 aliphatic rings. The van der Waals surface area contributed by atoms with Crippen molar-refractivity contribution in [1.29, 1.82) is 0 Å². The third kappa shape index (κ3) is 3.43. The van der Waals surface area contributed by atoms with Crippen LogP contribution >= 0.6 is 0 Å². The van der Waals surface area contributed by atoms with Crippen molar-refractivity contribution >= 4 is 11.9 Å². The summed E-state index contributed by atoms with van der Waals surface area (Å²) in [6, 6.07) is 8.64. The van der Waals surface area contributed by atoms with Crippen molar-refractivity contribution in [2.24, 2.45) is 0 Å². The highest BCUT2D eigenvalue weighted by atomic mass is 16.4. The maximum atomic E-state index is 11.4. The lowest BCUT2D eigenvalue weighted by molar-refractivity contribution is 0.130. The van der Waals surface area contributed by atoms with Gasteiger partial charge in [-0.2, -0.15) is 0 Å². The van der Waals surface area contributed by atoms with E-state index in [1.54, 1.807) is 31.2 Å². The zero-order valence-corrected chi connectivity index (χ0v) is 14.6. The summed E-state index contributed by atoms with van der Waals surface area (Å²) in [5.41, 5.74) is 8.50. The number of aliphatic hydroxyl groups excluding tert-OH is 1. The smallest absolute Gasteiger partial charge is 0.407 e. The molecule has 26 heavy (non-hydrogen) atoms. The lowest BCUT2D eigenvalue weighted by Crippen LogP contribution is -2.38. The lowest BCUT2D eigenvalue weighted by atomic mass is 9.85. The number of hydrogen-bond acceptors (Lipinski definition) is 5. The topological polar surface area (TPSA) is 120 Å². The minimum Gasteiger partial charge on any atom is -0.507 e. The van der Waals surface area contributed by atoms with Gasteiger partial charge in [-0.15, -0.1) is 0 Å². The summed E-state index contributed by atoms with van der Waals surface area (Å²) >= 11 is 0. The van der Waals surface area contributed by atoms with Gasteiger partial charge in [-0.3, -0.25) is 0 Å². The maximum absolute atomic E-state index is 11.4. The Balaban J connectivity index is 2.10. The molecule has 0 saturated carbocycles. The van der Waals surface area contributed by atoms with Crippen molar-refractivity contribution in [1.82, 2.24) is 9.88 Å². The number of likely N-dealkylation sites (tertiary alicyclic amines) is 1. The van der Waals surface area contributed by atoms with Gasteiger partial charge < -0.3 is 26.0 Å². The number of pyridine rings is 1. The Morgan fingerprint density at radius 3 is 2.77 bits per heavy atom. The second kappa shape index (κ2) is 7.21. The number of benzene rings is 1. The van der Waals surface area contributed by atoms with E-state index in [1.165, 1.54) is 4.90 Å². The van der Waals surface area contributed by atoms with E-state index in [2.05, 4.69) is 4.98 Å². The standard InChI is InChI=1S/C19H23N3O4/c1-11(23)17-14(12-5-4-8-22(10-12)19(25)26)9-15(21-18(17)20)13-6-2-3-7-16(13)24/h2-3,6-7,9,11-12,23-24H,4-5,8,10H2,1H3,(H2,20,21)(H,25,26). The van der Waals surface area contributed by atoms with Crippen molar-refractivity contribution in [2.45, 2.75) is 31.8 Å². The summed E-state index contributed by atoms with van der Waals surface area (Å²) in [6.45, 7) is 2.47. The van der Waals surface area contributed by atoms with Crippen LogP contribution < -0.4 is 5.73 Å². The minimum atomic E-state index is -0.948. The molecule has 5 N–H and O–H groups in total. The highest BCUT2D eigenvalue weighted by Gasteiger charge is 2.29. The number of carboxylic acid groups (broad SMARTS) is 1. The van der Waals surface area contributed by atoms with Crippen LogP contribution in [0.5, 0.6) is 5.75 Å². The molecule has 0 aliphatic carbocycles. The first-order valence-electron chi connectivity index (χ1n) is 8.63. The number of aromatic hydroxyl groups is 1. The molecule has 1 saturated heterocycles. The highest BCUT2D eigenvalue weighted by molar-refractivity contribution is 5.70. The van der Waals surface area contributed by atoms with Gasteiger partial charge in [0.25, 0.3) is 0 Å². The van der Waals surface area contributed by atoms with E-state index in [0.717, 1.165) is 18.4 Å². The third-order valence-corrected chi connectivity index (χ3v) is 4.85. The Bertz CT molecular complexity index is 822. The zero-order valence-electron chi connectivity index (χ0n) is 14.6. The van der Waals surface area contributed by atoms with E-state index in [4.69, 9.17) is 5.73 Å². The van der Waals surface area contributed by atoms with Gasteiger partial charge in [0.15, 0.2) is 0 Å². The summed E-state index contributed by atoms with van der Waals surface area (Å²) in [6.07, 6.45) is -0.232. The number of aliphatic hydroxyl groups is 1. The van der Waals surface area contributed by atoms with Crippen molar-refractivity contribution in [3.8, 4) is 17.0 Å². The van der Waals surface area contributed by atoms with Crippen LogP contribution in [0.2, 0.25) is 0 Å². The summed E-state index contributed by atoms with van der Waals surface area (Å²) in [7, 11) is 0. The van der Waals surface area contributed by atoms with Crippen molar-refractivity contribution in [3.63, 3.8) is 0 Å². The van der Waals surface area contributed by atoms with Gasteiger partial charge in [0.05, 0.1) is 11.8 Å². The van der Waals surface area contributed by atoms with E-state index in [0.29, 0.717) is 29.9 Å². The van der Waals surface area contributed by atoms with Crippen LogP contribution in [-0.2, 0) is 0 Å². The number of anilines is 1. The Hall–Kier alpha value is -2.80. The number of nitrogens with zero attached hydrogens (tertiary/aromatic N) is 2. The van der Waals surface area contributed by atoms with Gasteiger partial charge in [-0.05, 0) is 43.5 Å². The molecule has 138 valence electrons. The van der Waals surface area contributed by atoms with E-state index >= 15 is 0 Å². The van der Waals surface area contributed by atoms with E-state index in [-0.39, 0.29) is 17.5 Å². The molecule has 0 bridgehead atoms. The molecule has 7 nitrogen and oxygen atoms in total. The Labute approximate surface area is 151 Å². The molecule has 3 rings (SSSR count). The lowest BCUT2D eigenvalue weighted by Gasteiger charge is -2.32. The minimum absolute atomic E-state index is 0.0839. The van der Waals surface area contributed by atoms with Gasteiger partial charge in [0.1, 0.15) is 11.6 Å². The second-order valence-electron chi connectivity index (χ2n) is 6.66. The number of para-hydroxylation sites is 1. The van der Waals surface area contributed by atoms with E-state index < -0.39 is 12.2 Å². The van der Waals surface area contributed by atoms with Crippen LogP contribution in [0.15, 0.2) is 30.3 Å². The molecule has 1 aromatic carbocycles. The third-order valence-electron chi connectivity index (χ3n) is 4.85. The molecule has 2 unspecified atom stereocenters. The quantitative estimate of drug-likeness (QED) is 0.670. The fraction of sp³-hybridized carbons (Fsp3) is 0.368. The predicted molar refractivity (Wildman–Crippen MR) is 98.0 cm³/mol. The van der Waals surface area contributed by atoms with Crippen LogP contribution in [0.4, 0.5) is 10.6 Å². The monoisotopic (exact) mass is 357 g/mol. The fourth-order valence-corrected chi connectivity index (χ4v) is 3.62. The van der Waals surface area contributed by atoms with Gasteiger partial charge in [-0.1, -0.05) is 12.1 Å². The number of aromatic nitrogens is 1. The number of hydrogen-bond donors (Lipinski definition) is 4. The Kier molecular flexibility index (Phi) is 4.99. The number of amides is 1. The van der Waals surface area contributed by atoms with Gasteiger partial charge in [-0.25, -0.2) is 9.78 Å². The maximum Gasteiger partial charge on any atom is 0.407 e. The SMILES string of the molecule is CC(O)c1c(C2CCCN(C(=O)O)C2)cc(-c2ccccc2O)nc1N. The molecule has 0 spiro atoms. The molecule has 1 fully saturated rings. The highest BCUT2D eigenvalue weighted by Crippen LogP contribution is 2.38. The fourth-order valence-electron chi connectivity index (χ4n) is 3.62. The van der Waals surface area contributed by atoms with Gasteiger partial charge >= 0.3 is 6.09 Å². The van der Waals surface area contributed by atoms with E-state index in [9.17, 15) is 20.1 Å². The van der Waals surface area contributed by atoms with Crippen molar-refractivity contribution in [2.75, 3.05) is 18.8 Å². The summed E-state index contributed by atoms with van der Waals surface area (Å²) < 4.78 is 0. The molecular weight excluding hydrogens is 334 g/mol. The number of phenols is 1. The molecule has 0 radical (unpaired) electrons. The molecule has 2 heterocycles. The summed E-state index contributed by atoms with van der Waals surface area (Å²) in [5, 5.41) is 29.7. The van der Waals surface area contributed by atoms with Crippen molar-refractivity contribution < 1.29 is 20.1 Å². The first-order valence-corrected chi connectivity index (χ1v) is 8.63. The molecule has 1 aliphatic heterocycles. The molecule has 1 aromatic heterocycles. The number of piperidine rings is 1. The molecule has 2 atom stereocenters. The van der Waals surface area contributed by atoms with Crippen LogP contribution in [0.3, 0.4) is 0 Å². The zero-order chi connectivity index (χ0) is 18.8. The molecular formula is C19H23N3O4. The number of nitrogen functional groups attached to an aromatic ring is 1. The summed E-state index contributed by atoms with van der Waals surface area (Å²) in [5.74, 6) is 0.202. The van der Waals surface area contributed by atoms with Gasteiger partial charge in [0, 0.05) is 30.1 Å². The van der Waals surface area contributed by atoms with Crippen LogP contribution in [-0.4, -0.2) is 44.4 Å². The number of nitrogens with two attached hydrogens (primary N) is 1. The largest absolute Gasteiger partial charge is 0.507 e.